The van der Waals surface area contributed by atoms with Crippen molar-refractivity contribution in [3.8, 4) is 6.07 Å². The van der Waals surface area contributed by atoms with Crippen molar-refractivity contribution in [3.05, 3.63) is 35.6 Å². The van der Waals surface area contributed by atoms with Crippen LogP contribution >= 0.6 is 0 Å². The van der Waals surface area contributed by atoms with E-state index in [2.05, 4.69) is 11.4 Å². The Labute approximate surface area is 210 Å². The van der Waals surface area contributed by atoms with Crippen LogP contribution in [0, 0.1) is 23.1 Å². The molecule has 1 aromatic rings. The fourth-order valence-electron chi connectivity index (χ4n) is 5.91. The Morgan fingerprint density at radius 1 is 1.28 bits per heavy atom. The van der Waals surface area contributed by atoms with E-state index in [-0.39, 0.29) is 36.3 Å². The van der Waals surface area contributed by atoms with Gasteiger partial charge in [0.15, 0.2) is 0 Å². The molecule has 0 aromatic heterocycles. The molecule has 1 aromatic carbocycles. The third kappa shape index (κ3) is 4.76. The Balaban J connectivity index is 1.29. The summed E-state index contributed by atoms with van der Waals surface area (Å²) in [7, 11) is 0. The van der Waals surface area contributed by atoms with Gasteiger partial charge in [0.1, 0.15) is 23.5 Å². The summed E-state index contributed by atoms with van der Waals surface area (Å²) in [6, 6.07) is 6.62. The molecular weight excluding hydrogens is 465 g/mol. The van der Waals surface area contributed by atoms with Crippen molar-refractivity contribution in [2.75, 3.05) is 13.1 Å². The van der Waals surface area contributed by atoms with E-state index >= 15 is 0 Å². The van der Waals surface area contributed by atoms with Crippen LogP contribution in [-0.4, -0.2) is 81.5 Å². The number of hydrogen-bond donors (Lipinski definition) is 1. The smallest absolute Gasteiger partial charge is 0.408 e. The van der Waals surface area contributed by atoms with Crippen LogP contribution in [0.4, 0.5) is 9.18 Å². The SMILES string of the molecule is CC(C)(C)OC(=O)NC(CN1C[C@@H]2C[C@H]1C(=O)N2Cc1cccc(F)c1)C(=O)N1C(C#N)C[C@@H]2CC21. The summed E-state index contributed by atoms with van der Waals surface area (Å²) in [5.74, 6) is -0.348. The maximum absolute atomic E-state index is 13.6. The van der Waals surface area contributed by atoms with Crippen molar-refractivity contribution >= 4 is 17.9 Å². The van der Waals surface area contributed by atoms with Gasteiger partial charge in [0.2, 0.25) is 11.8 Å². The highest BCUT2D eigenvalue weighted by atomic mass is 19.1. The number of halogens is 1. The van der Waals surface area contributed by atoms with Crippen LogP contribution in [0.15, 0.2) is 24.3 Å². The second-order valence-electron chi connectivity index (χ2n) is 11.3. The molecule has 5 rings (SSSR count). The van der Waals surface area contributed by atoms with E-state index in [1.54, 1.807) is 42.7 Å². The molecule has 3 saturated heterocycles. The molecule has 0 spiro atoms. The highest BCUT2D eigenvalue weighted by molar-refractivity contribution is 5.88. The Morgan fingerprint density at radius 3 is 2.72 bits per heavy atom. The van der Waals surface area contributed by atoms with Crippen LogP contribution in [-0.2, 0) is 20.9 Å². The summed E-state index contributed by atoms with van der Waals surface area (Å²) in [6.45, 7) is 6.29. The Kier molecular flexibility index (Phi) is 6.15. The second kappa shape index (κ2) is 9.04. The van der Waals surface area contributed by atoms with E-state index in [1.807, 2.05) is 4.90 Å². The van der Waals surface area contributed by atoms with Gasteiger partial charge in [-0.1, -0.05) is 12.1 Å². The molecule has 9 nitrogen and oxygen atoms in total. The number of nitrogens with zero attached hydrogens (tertiary/aromatic N) is 4. The number of carbonyl (C=O) groups excluding carboxylic acids is 3. The lowest BCUT2D eigenvalue weighted by Gasteiger charge is -2.36. The van der Waals surface area contributed by atoms with Gasteiger partial charge in [0, 0.05) is 31.7 Å². The summed E-state index contributed by atoms with van der Waals surface area (Å²) in [4.78, 5) is 44.8. The zero-order valence-corrected chi connectivity index (χ0v) is 20.8. The minimum atomic E-state index is -0.932. The predicted octanol–water partition coefficient (Wildman–Crippen LogP) is 2.02. The number of piperidine rings is 1. The zero-order chi connectivity index (χ0) is 25.8. The normalized spacial score (nSPS) is 29.6. The van der Waals surface area contributed by atoms with Gasteiger partial charge in [-0.15, -0.1) is 0 Å². The van der Waals surface area contributed by atoms with E-state index in [1.165, 1.54) is 12.1 Å². The van der Waals surface area contributed by atoms with E-state index in [0.717, 1.165) is 12.0 Å². The number of amides is 3. The standard InChI is InChI=1S/C26H32FN5O4/c1-26(2,3)36-25(35)29-20(23(33)32-18(11-28)8-16-9-21(16)32)14-30-13-19-10-22(30)24(34)31(19)12-15-5-4-6-17(27)7-15/h4-7,16,18-22H,8-10,12-14H2,1-3H3,(H,29,35)/t16-,18?,19+,20?,21?,22+/m1/s1. The number of nitriles is 1. The predicted molar refractivity (Wildman–Crippen MR) is 127 cm³/mol. The first kappa shape index (κ1) is 24.5. The fraction of sp³-hybridized carbons (Fsp3) is 0.615. The van der Waals surface area contributed by atoms with E-state index in [4.69, 9.17) is 4.74 Å². The Morgan fingerprint density at radius 2 is 2.06 bits per heavy atom. The number of nitrogens with one attached hydrogen (secondary N) is 1. The molecule has 192 valence electrons. The molecule has 3 aliphatic heterocycles. The number of carbonyl (C=O) groups is 3. The van der Waals surface area contributed by atoms with Crippen molar-refractivity contribution in [3.63, 3.8) is 0 Å². The number of benzene rings is 1. The van der Waals surface area contributed by atoms with Gasteiger partial charge in [-0.2, -0.15) is 5.26 Å². The summed E-state index contributed by atoms with van der Waals surface area (Å²) >= 11 is 0. The van der Waals surface area contributed by atoms with Gasteiger partial charge in [-0.25, -0.2) is 9.18 Å². The lowest BCUT2D eigenvalue weighted by Crippen LogP contribution is -2.59. The number of ether oxygens (including phenoxy) is 1. The highest BCUT2D eigenvalue weighted by Gasteiger charge is 2.56. The van der Waals surface area contributed by atoms with Crippen molar-refractivity contribution in [1.82, 2.24) is 20.0 Å². The van der Waals surface area contributed by atoms with Crippen molar-refractivity contribution in [2.45, 2.75) is 82.4 Å². The summed E-state index contributed by atoms with van der Waals surface area (Å²) in [5.41, 5.74) is 0.0000133. The minimum absolute atomic E-state index is 0.0449. The second-order valence-corrected chi connectivity index (χ2v) is 11.3. The molecular formula is C26H32FN5O4. The highest BCUT2D eigenvalue weighted by Crippen LogP contribution is 2.48. The number of alkyl carbamates (subject to hydrolysis) is 1. The van der Waals surface area contributed by atoms with Gasteiger partial charge in [0.25, 0.3) is 0 Å². The molecule has 1 N–H and O–H groups in total. The minimum Gasteiger partial charge on any atom is -0.444 e. The molecule has 36 heavy (non-hydrogen) atoms. The van der Waals surface area contributed by atoms with Crippen LogP contribution < -0.4 is 5.32 Å². The first-order valence-corrected chi connectivity index (χ1v) is 12.5. The lowest BCUT2D eigenvalue weighted by atomic mass is 10.1. The maximum Gasteiger partial charge on any atom is 0.408 e. The van der Waals surface area contributed by atoms with E-state index in [9.17, 15) is 24.0 Å². The van der Waals surface area contributed by atoms with Gasteiger partial charge in [-0.05, 0) is 63.6 Å². The van der Waals surface area contributed by atoms with Crippen molar-refractivity contribution < 1.29 is 23.5 Å². The molecule has 6 atom stereocenters. The third-order valence-corrected chi connectivity index (χ3v) is 7.55. The first-order chi connectivity index (χ1) is 17.0. The molecule has 1 aliphatic carbocycles. The molecule has 10 heteroatoms. The topological polar surface area (TPSA) is 106 Å². The van der Waals surface area contributed by atoms with Crippen molar-refractivity contribution in [2.24, 2.45) is 5.92 Å². The summed E-state index contributed by atoms with van der Waals surface area (Å²) in [6.07, 6.45) is 1.46. The number of fused-ring (bicyclic) bond motifs is 3. The molecule has 1 saturated carbocycles. The number of piperazine rings is 1. The number of rotatable bonds is 6. The van der Waals surface area contributed by atoms with E-state index in [0.29, 0.717) is 31.8 Å². The average Bonchev–Trinajstić information content (AvgIpc) is 3.13. The zero-order valence-electron chi connectivity index (χ0n) is 20.8. The number of hydrogen-bond acceptors (Lipinski definition) is 6. The number of likely N-dealkylation sites (tertiary alicyclic amines) is 3. The van der Waals surface area contributed by atoms with Gasteiger partial charge in [-0.3, -0.25) is 14.5 Å². The van der Waals surface area contributed by atoms with Crippen molar-refractivity contribution in [1.29, 1.82) is 5.26 Å². The molecule has 3 amide bonds. The largest absolute Gasteiger partial charge is 0.444 e. The molecule has 3 heterocycles. The quantitative estimate of drug-likeness (QED) is 0.645. The van der Waals surface area contributed by atoms with Gasteiger partial charge >= 0.3 is 6.09 Å². The molecule has 4 aliphatic rings. The summed E-state index contributed by atoms with van der Waals surface area (Å²) in [5, 5.41) is 12.3. The first-order valence-electron chi connectivity index (χ1n) is 12.5. The molecule has 2 bridgehead atoms. The Bertz CT molecular complexity index is 1110. The van der Waals surface area contributed by atoms with Gasteiger partial charge in [0.05, 0.1) is 12.1 Å². The van der Waals surface area contributed by atoms with Crippen LogP contribution in [0.2, 0.25) is 0 Å². The molecule has 3 unspecified atom stereocenters. The Hall–Kier alpha value is -3.19. The van der Waals surface area contributed by atoms with Crippen LogP contribution in [0.3, 0.4) is 0 Å². The van der Waals surface area contributed by atoms with Crippen LogP contribution in [0.1, 0.15) is 45.6 Å². The van der Waals surface area contributed by atoms with Crippen LogP contribution in [0.5, 0.6) is 0 Å². The molecule has 0 radical (unpaired) electrons. The monoisotopic (exact) mass is 497 g/mol. The van der Waals surface area contributed by atoms with Gasteiger partial charge < -0.3 is 19.9 Å². The lowest BCUT2D eigenvalue weighted by molar-refractivity contribution is -0.140. The summed E-state index contributed by atoms with van der Waals surface area (Å²) < 4.78 is 19.0. The molecule has 4 fully saturated rings. The maximum atomic E-state index is 13.6. The van der Waals surface area contributed by atoms with E-state index < -0.39 is 29.8 Å². The van der Waals surface area contributed by atoms with Crippen LogP contribution in [0.25, 0.3) is 0 Å². The average molecular weight is 498 g/mol. The third-order valence-electron chi connectivity index (χ3n) is 7.55. The fourth-order valence-corrected chi connectivity index (χ4v) is 5.91.